The number of fused-ring (bicyclic) bond motifs is 5. The highest BCUT2D eigenvalue weighted by Gasteiger charge is 2.56. The van der Waals surface area contributed by atoms with Crippen LogP contribution in [0.5, 0.6) is 5.75 Å². The molecule has 4 N–H and O–H groups in total. The van der Waals surface area contributed by atoms with Gasteiger partial charge in [0.1, 0.15) is 23.7 Å². The van der Waals surface area contributed by atoms with Gasteiger partial charge in [-0.1, -0.05) is 57.5 Å². The number of aromatic amines is 1. The van der Waals surface area contributed by atoms with Crippen molar-refractivity contribution in [1.82, 2.24) is 15.3 Å². The minimum Gasteiger partial charge on any atom is -0.508 e. The summed E-state index contributed by atoms with van der Waals surface area (Å²) in [6.45, 7) is 11.6. The molecule has 7 rings (SSSR count). The molecule has 294 valence electrons. The van der Waals surface area contributed by atoms with Crippen molar-refractivity contribution in [2.24, 2.45) is 5.92 Å². The summed E-state index contributed by atoms with van der Waals surface area (Å²) in [4.78, 5) is 35.4. The Morgan fingerprint density at radius 3 is 2.73 bits per heavy atom. The first-order valence-corrected chi connectivity index (χ1v) is 19.3. The average Bonchev–Trinajstić information content (AvgIpc) is 3.52. The van der Waals surface area contributed by atoms with E-state index in [9.17, 15) is 19.8 Å². The van der Waals surface area contributed by atoms with E-state index in [0.717, 1.165) is 0 Å². The minimum absolute atomic E-state index is 0.0468. The normalized spacial score (nSPS) is 33.3. The highest BCUT2D eigenvalue weighted by atomic mass is 19.1. The largest absolute Gasteiger partial charge is 0.508 e. The maximum absolute atomic E-state index is 17.8. The Labute approximate surface area is 325 Å². The molecule has 4 heterocycles. The molecule has 2 saturated heterocycles. The molecule has 0 spiro atoms. The predicted molar refractivity (Wildman–Crippen MR) is 208 cm³/mol. The number of aliphatic hydroxyl groups is 1. The quantitative estimate of drug-likeness (QED) is 0.153. The van der Waals surface area contributed by atoms with Crippen LogP contribution in [0.2, 0.25) is 0 Å². The minimum atomic E-state index is -2.64. The predicted octanol–water partition coefficient (Wildman–Crippen LogP) is 5.90. The highest BCUT2D eigenvalue weighted by molar-refractivity contribution is 6.16. The van der Waals surface area contributed by atoms with E-state index in [0.29, 0.717) is 58.0 Å². The fraction of sp³-hybridized carbons (Fsp3) is 0.477. The van der Waals surface area contributed by atoms with E-state index in [1.54, 1.807) is 25.1 Å². The lowest BCUT2D eigenvalue weighted by atomic mass is 9.73. The lowest BCUT2D eigenvalue weighted by Gasteiger charge is -2.45. The van der Waals surface area contributed by atoms with Crippen LogP contribution in [-0.2, 0) is 23.7 Å². The van der Waals surface area contributed by atoms with Crippen LogP contribution in [0.15, 0.2) is 65.4 Å². The first-order valence-electron chi connectivity index (χ1n) is 19.3. The van der Waals surface area contributed by atoms with Crippen LogP contribution in [0.25, 0.3) is 21.8 Å². The smallest absolute Gasteiger partial charge is 0.223 e. The lowest BCUT2D eigenvalue weighted by molar-refractivity contribution is -0.313. The van der Waals surface area contributed by atoms with Gasteiger partial charge < -0.3 is 39.5 Å². The van der Waals surface area contributed by atoms with Gasteiger partial charge in [0.05, 0.1) is 24.6 Å². The monoisotopic (exact) mass is 765 g/mol. The fourth-order valence-corrected chi connectivity index (χ4v) is 8.13. The Morgan fingerprint density at radius 1 is 1.20 bits per heavy atom. The van der Waals surface area contributed by atoms with Crippen molar-refractivity contribution in [3.05, 3.63) is 71.1 Å². The fourth-order valence-electron chi connectivity index (χ4n) is 8.13. The Balaban J connectivity index is 1.26. The van der Waals surface area contributed by atoms with Crippen molar-refractivity contribution in [1.29, 1.82) is 0 Å². The lowest BCUT2D eigenvalue weighted by Crippen LogP contribution is -2.59. The number of pyridine rings is 1. The molecule has 2 aliphatic heterocycles. The molecular weight excluding hydrogens is 717 g/mol. The highest BCUT2D eigenvalue weighted by Crippen LogP contribution is 2.43. The molecule has 3 aromatic rings. The molecule has 56 heavy (non-hydrogen) atoms. The SMILES string of the molecule is CC/C=C1\C2=C(C)C(=O)C[C@@]1(O)C#C/C=C\C#C[C@@H]2OC1OC(C)C(F)(C(=O)c2nccc3c2[nH]c2ccc(O)cc23)CC1OC1CC(C)C(NC(C)C)CO1. The average molecular weight is 766 g/mol. The molecule has 2 bridgehead atoms. The van der Waals surface area contributed by atoms with Gasteiger partial charge in [-0.25, -0.2) is 4.39 Å². The standard InChI is InChI=1S/C44H48FN3O8/c1-7-12-31-38-26(5)34(50)21-43(31,52)17-11-9-8-10-13-35(38)56-42-36(55-37-19-25(4)33(23-53-37)47-24(2)3)22-44(45,27(6)54-42)41(51)40-39-29(16-18-46-40)30-20-28(49)14-15-32(30)48-39/h8-9,12,14-16,18,20,24-25,27,33,35-37,42,47-49,52H,7,19,21-23H2,1-6H3/b9-8-,31-12+/t25?,27?,33?,35-,36?,37?,42?,43-,44?/m0/s1. The van der Waals surface area contributed by atoms with Gasteiger partial charge in [0.15, 0.2) is 24.0 Å². The van der Waals surface area contributed by atoms with E-state index in [4.69, 9.17) is 18.9 Å². The molecular formula is C44H48FN3O8. The first kappa shape index (κ1) is 39.6. The third-order valence-electron chi connectivity index (χ3n) is 11.1. The molecule has 4 aliphatic rings. The Kier molecular flexibility index (Phi) is 11.1. The number of ether oxygens (including phenoxy) is 4. The summed E-state index contributed by atoms with van der Waals surface area (Å²) in [6.07, 6.45) is 0.779. The van der Waals surface area contributed by atoms with Crippen LogP contribution < -0.4 is 5.32 Å². The van der Waals surface area contributed by atoms with Crippen molar-refractivity contribution < 1.29 is 43.1 Å². The number of hydrogen-bond donors (Lipinski definition) is 4. The number of phenols is 1. The van der Waals surface area contributed by atoms with Crippen LogP contribution >= 0.6 is 0 Å². The second-order valence-corrected chi connectivity index (χ2v) is 15.5. The van der Waals surface area contributed by atoms with Gasteiger partial charge in [0.2, 0.25) is 11.5 Å². The number of allylic oxidation sites excluding steroid dienone is 4. The number of halogens is 1. The molecule has 7 unspecified atom stereocenters. The number of alkyl halides is 1. The molecule has 12 heteroatoms. The van der Waals surface area contributed by atoms with Gasteiger partial charge in [-0.15, -0.1) is 0 Å². The number of aromatic hydroxyl groups is 1. The number of carbonyl (C=O) groups excluding carboxylic acids is 2. The third-order valence-corrected chi connectivity index (χ3v) is 11.1. The van der Waals surface area contributed by atoms with E-state index >= 15 is 4.39 Å². The van der Waals surface area contributed by atoms with Gasteiger partial charge >= 0.3 is 0 Å². The number of nitrogens with one attached hydrogen (secondary N) is 2. The van der Waals surface area contributed by atoms with E-state index in [-0.39, 0.29) is 41.6 Å². The van der Waals surface area contributed by atoms with Crippen molar-refractivity contribution in [3.8, 4) is 29.4 Å². The molecule has 0 amide bonds. The maximum Gasteiger partial charge on any atom is 0.223 e. The topological polar surface area (TPSA) is 152 Å². The van der Waals surface area contributed by atoms with E-state index in [1.165, 1.54) is 31.3 Å². The number of carbonyl (C=O) groups is 2. The van der Waals surface area contributed by atoms with Crippen LogP contribution in [0.4, 0.5) is 4.39 Å². The Morgan fingerprint density at radius 2 is 1.98 bits per heavy atom. The number of aromatic nitrogens is 2. The van der Waals surface area contributed by atoms with Crippen molar-refractivity contribution in [2.75, 3.05) is 6.61 Å². The number of phenolic OH excluding ortho intramolecular Hbond substituents is 1. The number of rotatable bonds is 9. The van der Waals surface area contributed by atoms with E-state index in [1.807, 2.05) is 13.0 Å². The zero-order valence-corrected chi connectivity index (χ0v) is 32.4. The molecule has 11 nitrogen and oxygen atoms in total. The van der Waals surface area contributed by atoms with Crippen molar-refractivity contribution in [2.45, 2.75) is 121 Å². The summed E-state index contributed by atoms with van der Waals surface area (Å²) in [5.74, 6) is 10.6. The molecule has 2 aliphatic carbocycles. The molecule has 0 radical (unpaired) electrons. The molecule has 2 fully saturated rings. The zero-order valence-electron chi connectivity index (χ0n) is 32.4. The second-order valence-electron chi connectivity index (χ2n) is 15.5. The van der Waals surface area contributed by atoms with Gasteiger partial charge in [-0.05, 0) is 73.7 Å². The summed E-state index contributed by atoms with van der Waals surface area (Å²) in [7, 11) is 0. The Bertz CT molecular complexity index is 2270. The number of nitrogens with zero attached hydrogens (tertiary/aromatic N) is 1. The molecule has 2 aromatic heterocycles. The van der Waals surface area contributed by atoms with Crippen LogP contribution in [-0.4, -0.2) is 92.6 Å². The van der Waals surface area contributed by atoms with Crippen LogP contribution in [0, 0.1) is 29.6 Å². The van der Waals surface area contributed by atoms with Crippen LogP contribution in [0.3, 0.4) is 0 Å². The van der Waals surface area contributed by atoms with Gasteiger partial charge in [0.25, 0.3) is 0 Å². The van der Waals surface area contributed by atoms with E-state index < -0.39 is 54.4 Å². The Hall–Kier alpha value is -4.66. The summed E-state index contributed by atoms with van der Waals surface area (Å²) in [6, 6.07) is 6.78. The number of hydrogen-bond acceptors (Lipinski definition) is 10. The summed E-state index contributed by atoms with van der Waals surface area (Å²) in [5.41, 5.74) is -2.46. The second kappa shape index (κ2) is 15.7. The summed E-state index contributed by atoms with van der Waals surface area (Å²) >= 11 is 0. The number of H-pyrrole nitrogens is 1. The van der Waals surface area contributed by atoms with Crippen LogP contribution in [0.1, 0.15) is 77.7 Å². The third kappa shape index (κ3) is 7.46. The number of Topliss-reactive ketones (excluding diaryl/α,β-unsaturated/α-hetero) is 2. The van der Waals surface area contributed by atoms with E-state index in [2.05, 4.69) is 59.7 Å². The molecule has 0 saturated carbocycles. The first-order chi connectivity index (χ1) is 26.7. The van der Waals surface area contributed by atoms with Gasteiger partial charge in [-0.3, -0.25) is 14.6 Å². The number of ketones is 2. The van der Waals surface area contributed by atoms with Crippen molar-refractivity contribution in [3.63, 3.8) is 0 Å². The summed E-state index contributed by atoms with van der Waals surface area (Å²) in [5, 5.41) is 26.7. The van der Waals surface area contributed by atoms with Gasteiger partial charge in [0, 0.05) is 53.0 Å². The zero-order chi connectivity index (χ0) is 39.9. The molecule has 1 aromatic carbocycles. The molecule has 9 atom stereocenters. The van der Waals surface area contributed by atoms with Gasteiger partial charge in [-0.2, -0.15) is 0 Å². The maximum atomic E-state index is 17.8. The van der Waals surface area contributed by atoms with Crippen molar-refractivity contribution >= 4 is 33.4 Å². The summed E-state index contributed by atoms with van der Waals surface area (Å²) < 4.78 is 43.5. The number of benzene rings is 1.